The number of esters is 1. The molecule has 0 aromatic heterocycles. The molecule has 0 aliphatic heterocycles. The average molecular weight is 293 g/mol. The van der Waals surface area contributed by atoms with Crippen LogP contribution in [0.2, 0.25) is 0 Å². The first-order valence-corrected chi connectivity index (χ1v) is 7.07. The van der Waals surface area contributed by atoms with E-state index < -0.39 is 5.97 Å². The second-order valence-corrected chi connectivity index (χ2v) is 5.07. The Balaban J connectivity index is 2.31. The summed E-state index contributed by atoms with van der Waals surface area (Å²) in [5.74, 6) is -0.254. The summed E-state index contributed by atoms with van der Waals surface area (Å²) in [7, 11) is 0. The van der Waals surface area contributed by atoms with Gasteiger partial charge in [0.1, 0.15) is 5.75 Å². The fourth-order valence-electron chi connectivity index (χ4n) is 1.55. The third-order valence-corrected chi connectivity index (χ3v) is 3.22. The molecule has 1 aromatic carbocycles. The van der Waals surface area contributed by atoms with E-state index in [9.17, 15) is 9.59 Å². The third kappa shape index (κ3) is 6.29. The maximum atomic E-state index is 11.5. The monoisotopic (exact) mass is 293 g/mol. The Labute approximate surface area is 125 Å². The van der Waals surface area contributed by atoms with E-state index in [1.54, 1.807) is 6.07 Å². The van der Waals surface area contributed by atoms with Crippen molar-refractivity contribution >= 4 is 11.9 Å². The predicted octanol–water partition coefficient (Wildman–Crippen LogP) is 2.14. The molecular formula is C16H23NO4. The molecule has 1 aromatic rings. The average Bonchev–Trinajstić information content (AvgIpc) is 2.46. The number of rotatable bonds is 7. The molecule has 1 amide bonds. The predicted molar refractivity (Wildman–Crippen MR) is 80.3 cm³/mol. The van der Waals surface area contributed by atoms with E-state index in [1.165, 1.54) is 0 Å². The van der Waals surface area contributed by atoms with E-state index in [0.29, 0.717) is 5.75 Å². The number of aryl methyl sites for hydroxylation is 2. The number of ether oxygens (including phenoxy) is 2. The van der Waals surface area contributed by atoms with Gasteiger partial charge in [-0.15, -0.1) is 0 Å². The van der Waals surface area contributed by atoms with E-state index in [1.807, 2.05) is 39.8 Å². The highest BCUT2D eigenvalue weighted by Crippen LogP contribution is 2.16. The van der Waals surface area contributed by atoms with Gasteiger partial charge in [-0.3, -0.25) is 4.79 Å². The molecule has 0 spiro atoms. The van der Waals surface area contributed by atoms with Crippen LogP contribution in [0.3, 0.4) is 0 Å². The standard InChI is InChI=1S/C16H23NO4/c1-5-13(4)17-15(18)9-21-16(19)10-20-14-7-6-11(2)12(3)8-14/h6-8,13H,5,9-10H2,1-4H3,(H,17,18)/t13-/m0/s1. The molecule has 0 aliphatic carbocycles. The second-order valence-electron chi connectivity index (χ2n) is 5.07. The number of hydrogen-bond acceptors (Lipinski definition) is 4. The van der Waals surface area contributed by atoms with Crippen LogP contribution in [0.15, 0.2) is 18.2 Å². The molecule has 1 N–H and O–H groups in total. The van der Waals surface area contributed by atoms with Gasteiger partial charge in [0, 0.05) is 6.04 Å². The first-order valence-electron chi connectivity index (χ1n) is 7.07. The maximum absolute atomic E-state index is 11.5. The summed E-state index contributed by atoms with van der Waals surface area (Å²) in [6.07, 6.45) is 0.829. The van der Waals surface area contributed by atoms with Crippen molar-refractivity contribution in [2.24, 2.45) is 0 Å². The Morgan fingerprint density at radius 1 is 1.19 bits per heavy atom. The number of carbonyl (C=O) groups excluding carboxylic acids is 2. The molecule has 0 saturated carbocycles. The van der Waals surface area contributed by atoms with Gasteiger partial charge in [-0.05, 0) is 50.5 Å². The first-order chi connectivity index (χ1) is 9.92. The third-order valence-electron chi connectivity index (χ3n) is 3.22. The Morgan fingerprint density at radius 2 is 1.90 bits per heavy atom. The largest absolute Gasteiger partial charge is 0.482 e. The van der Waals surface area contributed by atoms with Crippen molar-refractivity contribution in [2.45, 2.75) is 40.2 Å². The Hall–Kier alpha value is -2.04. The molecule has 1 atom stereocenters. The van der Waals surface area contributed by atoms with Crippen LogP contribution in [0.5, 0.6) is 5.75 Å². The first kappa shape index (κ1) is 17.0. The summed E-state index contributed by atoms with van der Waals surface area (Å²) in [5, 5.41) is 2.72. The van der Waals surface area contributed by atoms with Gasteiger partial charge in [0.05, 0.1) is 0 Å². The number of carbonyl (C=O) groups is 2. The minimum absolute atomic E-state index is 0.0722. The zero-order chi connectivity index (χ0) is 15.8. The highest BCUT2D eigenvalue weighted by Gasteiger charge is 2.10. The summed E-state index contributed by atoms with van der Waals surface area (Å²) in [5.41, 5.74) is 2.25. The number of amides is 1. The second kappa shape index (κ2) is 8.29. The zero-order valence-corrected chi connectivity index (χ0v) is 13.1. The highest BCUT2D eigenvalue weighted by atomic mass is 16.6. The van der Waals surface area contributed by atoms with Gasteiger partial charge in [0.25, 0.3) is 5.91 Å². The van der Waals surface area contributed by atoms with Crippen molar-refractivity contribution in [2.75, 3.05) is 13.2 Å². The smallest absolute Gasteiger partial charge is 0.344 e. The Morgan fingerprint density at radius 3 is 2.52 bits per heavy atom. The summed E-state index contributed by atoms with van der Waals surface area (Å²) < 4.78 is 10.2. The molecular weight excluding hydrogens is 270 g/mol. The molecule has 0 heterocycles. The fraction of sp³-hybridized carbons (Fsp3) is 0.500. The van der Waals surface area contributed by atoms with Crippen LogP contribution >= 0.6 is 0 Å². The lowest BCUT2D eigenvalue weighted by Crippen LogP contribution is -2.35. The van der Waals surface area contributed by atoms with Crippen molar-refractivity contribution in [3.05, 3.63) is 29.3 Å². The van der Waals surface area contributed by atoms with E-state index in [4.69, 9.17) is 9.47 Å². The Kier molecular flexibility index (Phi) is 6.72. The zero-order valence-electron chi connectivity index (χ0n) is 13.1. The minimum Gasteiger partial charge on any atom is -0.482 e. The van der Waals surface area contributed by atoms with Gasteiger partial charge >= 0.3 is 5.97 Å². The van der Waals surface area contributed by atoms with Gasteiger partial charge < -0.3 is 14.8 Å². The molecule has 0 bridgehead atoms. The Bertz CT molecular complexity index is 499. The summed E-state index contributed by atoms with van der Waals surface area (Å²) in [4.78, 5) is 22.9. The van der Waals surface area contributed by atoms with Crippen molar-refractivity contribution < 1.29 is 19.1 Å². The molecule has 116 valence electrons. The molecule has 5 nitrogen and oxygen atoms in total. The van der Waals surface area contributed by atoms with Crippen molar-refractivity contribution in [3.63, 3.8) is 0 Å². The molecule has 0 saturated heterocycles. The number of nitrogens with one attached hydrogen (secondary N) is 1. The van der Waals surface area contributed by atoms with E-state index >= 15 is 0 Å². The molecule has 0 aliphatic rings. The van der Waals surface area contributed by atoms with Gasteiger partial charge in [0.15, 0.2) is 13.2 Å². The molecule has 21 heavy (non-hydrogen) atoms. The maximum Gasteiger partial charge on any atom is 0.344 e. The van der Waals surface area contributed by atoms with Crippen LogP contribution in [0.25, 0.3) is 0 Å². The van der Waals surface area contributed by atoms with E-state index in [2.05, 4.69) is 5.32 Å². The minimum atomic E-state index is -0.562. The summed E-state index contributed by atoms with van der Waals surface area (Å²) >= 11 is 0. The topological polar surface area (TPSA) is 64.6 Å². The van der Waals surface area contributed by atoms with E-state index in [-0.39, 0.29) is 25.2 Å². The quantitative estimate of drug-likeness (QED) is 0.782. The van der Waals surface area contributed by atoms with Crippen LogP contribution in [0, 0.1) is 13.8 Å². The van der Waals surface area contributed by atoms with Gasteiger partial charge in [0.2, 0.25) is 0 Å². The van der Waals surface area contributed by atoms with Crippen molar-refractivity contribution in [1.29, 1.82) is 0 Å². The SMILES string of the molecule is CC[C@H](C)NC(=O)COC(=O)COc1ccc(C)c(C)c1. The lowest BCUT2D eigenvalue weighted by atomic mass is 10.1. The van der Waals surface area contributed by atoms with Gasteiger partial charge in [-0.2, -0.15) is 0 Å². The normalized spacial score (nSPS) is 11.6. The fourth-order valence-corrected chi connectivity index (χ4v) is 1.55. The lowest BCUT2D eigenvalue weighted by molar-refractivity contribution is -0.150. The lowest BCUT2D eigenvalue weighted by Gasteiger charge is -2.12. The van der Waals surface area contributed by atoms with Crippen LogP contribution in [-0.2, 0) is 14.3 Å². The number of benzene rings is 1. The van der Waals surface area contributed by atoms with Crippen molar-refractivity contribution in [1.82, 2.24) is 5.32 Å². The summed E-state index contributed by atoms with van der Waals surface area (Å²) in [6.45, 7) is 7.35. The summed E-state index contributed by atoms with van der Waals surface area (Å²) in [6, 6.07) is 5.65. The molecule has 1 rings (SSSR count). The molecule has 0 fully saturated rings. The van der Waals surface area contributed by atoms with Crippen LogP contribution in [0.1, 0.15) is 31.4 Å². The molecule has 0 unspecified atom stereocenters. The number of hydrogen-bond donors (Lipinski definition) is 1. The van der Waals surface area contributed by atoms with Crippen LogP contribution < -0.4 is 10.1 Å². The van der Waals surface area contributed by atoms with E-state index in [0.717, 1.165) is 17.5 Å². The van der Waals surface area contributed by atoms with Gasteiger partial charge in [-0.25, -0.2) is 4.79 Å². The molecule has 5 heteroatoms. The highest BCUT2D eigenvalue weighted by molar-refractivity contribution is 5.81. The van der Waals surface area contributed by atoms with Crippen LogP contribution in [-0.4, -0.2) is 31.1 Å². The molecule has 0 radical (unpaired) electrons. The van der Waals surface area contributed by atoms with Gasteiger partial charge in [-0.1, -0.05) is 13.0 Å². The van der Waals surface area contributed by atoms with Crippen LogP contribution in [0.4, 0.5) is 0 Å². The van der Waals surface area contributed by atoms with Crippen molar-refractivity contribution in [3.8, 4) is 5.75 Å².